The molecule has 132 valence electrons. The third kappa shape index (κ3) is 3.44. The van der Waals surface area contributed by atoms with Crippen molar-refractivity contribution in [2.45, 2.75) is 19.3 Å². The molecule has 26 heavy (non-hydrogen) atoms. The number of carbonyl (C=O) groups is 1. The summed E-state index contributed by atoms with van der Waals surface area (Å²) in [5, 5.41) is 3.54. The summed E-state index contributed by atoms with van der Waals surface area (Å²) in [4.78, 5) is 24.4. The number of aromatic nitrogens is 4. The van der Waals surface area contributed by atoms with Gasteiger partial charge in [0, 0.05) is 24.0 Å². The molecule has 3 aromatic rings. The van der Waals surface area contributed by atoms with Crippen molar-refractivity contribution in [2.75, 3.05) is 6.54 Å². The maximum absolute atomic E-state index is 12.1. The number of fused-ring (bicyclic) bond motifs is 1. The Morgan fingerprint density at radius 3 is 2.85 bits per heavy atom. The summed E-state index contributed by atoms with van der Waals surface area (Å²) in [6, 6.07) is 7.64. The van der Waals surface area contributed by atoms with Crippen molar-refractivity contribution in [2.24, 2.45) is 0 Å². The summed E-state index contributed by atoms with van der Waals surface area (Å²) in [6.45, 7) is 1.39. The second-order valence-electron chi connectivity index (χ2n) is 5.91. The molecule has 0 spiro atoms. The number of amides is 1. The molecule has 0 aliphatic carbocycles. The zero-order valence-electron chi connectivity index (χ0n) is 13.8. The average molecular weight is 370 g/mol. The van der Waals surface area contributed by atoms with Crippen LogP contribution in [0.4, 0.5) is 0 Å². The SMILES string of the molecule is O=C(NC[C@H]1Cn2c(-c3ccc(Cl)cc3)cnc2CO1)c1cnccn1. The van der Waals surface area contributed by atoms with Gasteiger partial charge in [0.2, 0.25) is 0 Å². The first kappa shape index (κ1) is 16.7. The second kappa shape index (κ2) is 7.23. The Labute approximate surface area is 155 Å². The summed E-state index contributed by atoms with van der Waals surface area (Å²) in [7, 11) is 0. The van der Waals surface area contributed by atoms with E-state index in [-0.39, 0.29) is 17.7 Å². The number of rotatable bonds is 4. The van der Waals surface area contributed by atoms with Crippen LogP contribution in [0.2, 0.25) is 5.02 Å². The molecule has 7 nitrogen and oxygen atoms in total. The molecule has 1 amide bonds. The van der Waals surface area contributed by atoms with Gasteiger partial charge in [-0.25, -0.2) is 9.97 Å². The van der Waals surface area contributed by atoms with E-state index in [1.54, 1.807) is 0 Å². The lowest BCUT2D eigenvalue weighted by molar-refractivity contribution is 0.00371. The first-order chi connectivity index (χ1) is 12.7. The van der Waals surface area contributed by atoms with E-state index < -0.39 is 0 Å². The van der Waals surface area contributed by atoms with Crippen molar-refractivity contribution in [1.82, 2.24) is 24.8 Å². The minimum Gasteiger partial charge on any atom is -0.367 e. The molecule has 8 heteroatoms. The van der Waals surface area contributed by atoms with Crippen LogP contribution in [0.3, 0.4) is 0 Å². The first-order valence-electron chi connectivity index (χ1n) is 8.17. The predicted molar refractivity (Wildman–Crippen MR) is 95.6 cm³/mol. The van der Waals surface area contributed by atoms with Gasteiger partial charge in [-0.15, -0.1) is 0 Å². The Morgan fingerprint density at radius 2 is 2.08 bits per heavy atom. The molecule has 0 unspecified atom stereocenters. The van der Waals surface area contributed by atoms with Gasteiger partial charge in [0.1, 0.15) is 18.1 Å². The second-order valence-corrected chi connectivity index (χ2v) is 6.35. The summed E-state index contributed by atoms with van der Waals surface area (Å²) >= 11 is 5.97. The maximum atomic E-state index is 12.1. The Balaban J connectivity index is 1.45. The standard InChI is InChI=1S/C18H16ClN5O2/c19-13-3-1-12(2-4-13)16-9-22-17-11-26-14(10-24(16)17)7-23-18(25)15-8-20-5-6-21-15/h1-6,8-9,14H,7,10-11H2,(H,23,25)/t14-/m0/s1. The number of hydrogen-bond donors (Lipinski definition) is 1. The maximum Gasteiger partial charge on any atom is 0.271 e. The monoisotopic (exact) mass is 369 g/mol. The van der Waals surface area contributed by atoms with E-state index in [0.717, 1.165) is 17.1 Å². The lowest BCUT2D eigenvalue weighted by atomic mass is 10.1. The average Bonchev–Trinajstić information content (AvgIpc) is 3.10. The van der Waals surface area contributed by atoms with Gasteiger partial charge in [-0.3, -0.25) is 9.78 Å². The molecule has 1 aromatic carbocycles. The van der Waals surface area contributed by atoms with Gasteiger partial charge in [-0.05, 0) is 17.7 Å². The smallest absolute Gasteiger partial charge is 0.271 e. The molecule has 3 heterocycles. The van der Waals surface area contributed by atoms with Crippen LogP contribution in [-0.4, -0.2) is 38.1 Å². The fraction of sp³-hybridized carbons (Fsp3) is 0.222. The number of halogens is 1. The van der Waals surface area contributed by atoms with E-state index in [1.165, 1.54) is 18.6 Å². The number of ether oxygens (including phenoxy) is 1. The summed E-state index contributed by atoms with van der Waals surface area (Å²) in [6.07, 6.45) is 6.14. The molecule has 1 aliphatic rings. The van der Waals surface area contributed by atoms with Crippen molar-refractivity contribution in [1.29, 1.82) is 0 Å². The minimum atomic E-state index is -0.268. The molecule has 4 rings (SSSR count). The molecule has 1 aliphatic heterocycles. The van der Waals surface area contributed by atoms with Gasteiger partial charge in [0.25, 0.3) is 5.91 Å². The summed E-state index contributed by atoms with van der Waals surface area (Å²) in [5.41, 5.74) is 2.33. The normalized spacial score (nSPS) is 16.1. The van der Waals surface area contributed by atoms with E-state index in [2.05, 4.69) is 24.8 Å². The van der Waals surface area contributed by atoms with Crippen molar-refractivity contribution in [3.05, 3.63) is 65.6 Å². The molecular weight excluding hydrogens is 354 g/mol. The van der Waals surface area contributed by atoms with Gasteiger partial charge >= 0.3 is 0 Å². The van der Waals surface area contributed by atoms with Crippen LogP contribution in [0, 0.1) is 0 Å². The number of benzene rings is 1. The molecule has 0 radical (unpaired) electrons. The lowest BCUT2D eigenvalue weighted by Crippen LogP contribution is -2.39. The van der Waals surface area contributed by atoms with E-state index in [0.29, 0.717) is 24.7 Å². The lowest BCUT2D eigenvalue weighted by Gasteiger charge is -2.26. The van der Waals surface area contributed by atoms with E-state index >= 15 is 0 Å². The third-order valence-electron chi connectivity index (χ3n) is 4.20. The van der Waals surface area contributed by atoms with Crippen LogP contribution in [-0.2, 0) is 17.9 Å². The van der Waals surface area contributed by atoms with Crippen molar-refractivity contribution >= 4 is 17.5 Å². The molecular formula is C18H16ClN5O2. The summed E-state index contributed by atoms with van der Waals surface area (Å²) < 4.78 is 7.92. The topological polar surface area (TPSA) is 81.9 Å². The van der Waals surface area contributed by atoms with Crippen LogP contribution < -0.4 is 5.32 Å². The number of hydrogen-bond acceptors (Lipinski definition) is 5. The van der Waals surface area contributed by atoms with Crippen LogP contribution in [0.5, 0.6) is 0 Å². The van der Waals surface area contributed by atoms with Gasteiger partial charge < -0.3 is 14.6 Å². The molecule has 2 aromatic heterocycles. The highest BCUT2D eigenvalue weighted by Gasteiger charge is 2.23. The highest BCUT2D eigenvalue weighted by Crippen LogP contribution is 2.26. The molecule has 1 N–H and O–H groups in total. The zero-order chi connectivity index (χ0) is 17.9. The van der Waals surface area contributed by atoms with Crippen molar-refractivity contribution in [3.8, 4) is 11.3 Å². The van der Waals surface area contributed by atoms with Crippen LogP contribution in [0.1, 0.15) is 16.3 Å². The number of nitrogens with zero attached hydrogens (tertiary/aromatic N) is 4. The van der Waals surface area contributed by atoms with Gasteiger partial charge in [0.15, 0.2) is 0 Å². The minimum absolute atomic E-state index is 0.150. The van der Waals surface area contributed by atoms with E-state index in [4.69, 9.17) is 16.3 Å². The van der Waals surface area contributed by atoms with Crippen molar-refractivity contribution in [3.63, 3.8) is 0 Å². The molecule has 0 saturated carbocycles. The Bertz CT molecular complexity index is 911. The molecule has 1 atom stereocenters. The fourth-order valence-electron chi connectivity index (χ4n) is 2.87. The fourth-order valence-corrected chi connectivity index (χ4v) is 3.00. The van der Waals surface area contributed by atoms with Crippen LogP contribution >= 0.6 is 11.6 Å². The predicted octanol–water partition coefficient (Wildman–Crippen LogP) is 2.32. The highest BCUT2D eigenvalue weighted by atomic mass is 35.5. The van der Waals surface area contributed by atoms with E-state index in [1.807, 2.05) is 30.5 Å². The van der Waals surface area contributed by atoms with Crippen LogP contribution in [0.25, 0.3) is 11.3 Å². The molecule has 0 saturated heterocycles. The zero-order valence-corrected chi connectivity index (χ0v) is 14.6. The number of imidazole rings is 1. The van der Waals surface area contributed by atoms with Crippen LogP contribution in [0.15, 0.2) is 49.1 Å². The van der Waals surface area contributed by atoms with Crippen molar-refractivity contribution < 1.29 is 9.53 Å². The van der Waals surface area contributed by atoms with Gasteiger partial charge in [-0.2, -0.15) is 0 Å². The van der Waals surface area contributed by atoms with Gasteiger partial charge in [0.05, 0.1) is 30.7 Å². The molecule has 0 bridgehead atoms. The summed E-state index contributed by atoms with van der Waals surface area (Å²) in [5.74, 6) is 0.600. The number of nitrogens with one attached hydrogen (secondary N) is 1. The first-order valence-corrected chi connectivity index (χ1v) is 8.54. The number of carbonyl (C=O) groups excluding carboxylic acids is 1. The van der Waals surface area contributed by atoms with E-state index in [9.17, 15) is 4.79 Å². The third-order valence-corrected chi connectivity index (χ3v) is 4.45. The van der Waals surface area contributed by atoms with Gasteiger partial charge in [-0.1, -0.05) is 23.7 Å². The quantitative estimate of drug-likeness (QED) is 0.763. The Hall–Kier alpha value is -2.77. The molecule has 0 fully saturated rings. The Kier molecular flexibility index (Phi) is 4.64. The highest BCUT2D eigenvalue weighted by molar-refractivity contribution is 6.30. The largest absolute Gasteiger partial charge is 0.367 e. The Morgan fingerprint density at radius 1 is 1.23 bits per heavy atom.